The van der Waals surface area contributed by atoms with E-state index in [0.29, 0.717) is 17.9 Å². The third-order valence-electron chi connectivity index (χ3n) is 8.58. The molecule has 1 aliphatic heterocycles. The zero-order valence-corrected chi connectivity index (χ0v) is 33.1. The molecule has 0 saturated carbocycles. The molecule has 4 rings (SSSR count). The number of hydrogen-bond acceptors (Lipinski definition) is 15. The van der Waals surface area contributed by atoms with Crippen LogP contribution in [0.15, 0.2) is 36.8 Å². The maximum Gasteiger partial charge on any atom is 0.303 e. The van der Waals surface area contributed by atoms with Crippen LogP contribution in [0.5, 0.6) is 0 Å². The van der Waals surface area contributed by atoms with Crippen LogP contribution in [0.3, 0.4) is 0 Å². The average molecular weight is 815 g/mol. The van der Waals surface area contributed by atoms with Crippen LogP contribution in [0.1, 0.15) is 71.8 Å². The summed E-state index contributed by atoms with van der Waals surface area (Å²) in [6, 6.07) is 3.76. The molecule has 0 spiro atoms. The van der Waals surface area contributed by atoms with Crippen molar-refractivity contribution >= 4 is 58.7 Å². The number of nitrogens with zero attached hydrogens (tertiary/aromatic N) is 5. The van der Waals surface area contributed by atoms with Crippen molar-refractivity contribution in [3.63, 3.8) is 0 Å². The first-order valence-corrected chi connectivity index (χ1v) is 17.8. The quantitative estimate of drug-likeness (QED) is 0.0609. The second kappa shape index (κ2) is 19.1. The number of ether oxygens (including phenoxy) is 5. The van der Waals surface area contributed by atoms with Crippen LogP contribution in [0.25, 0.3) is 0 Å². The molecule has 1 fully saturated rings. The van der Waals surface area contributed by atoms with Crippen molar-refractivity contribution < 1.29 is 62.2 Å². The summed E-state index contributed by atoms with van der Waals surface area (Å²) in [6.45, 7) is 4.86. The summed E-state index contributed by atoms with van der Waals surface area (Å²) in [4.78, 5) is 102. The summed E-state index contributed by atoms with van der Waals surface area (Å²) in [7, 11) is 7.05. The number of carbonyl (C=O) groups is 7. The number of hydrogen-bond donors (Lipinski definition) is 3. The lowest BCUT2D eigenvalue weighted by molar-refractivity contribution is -0.385. The van der Waals surface area contributed by atoms with Crippen molar-refractivity contribution in [3.05, 3.63) is 64.0 Å². The fraction of sp³-hybridized carbons (Fsp3) is 0.472. The molecule has 1 saturated heterocycles. The molecule has 0 aromatic carbocycles. The topological polar surface area (TPSA) is 263 Å². The van der Waals surface area contributed by atoms with E-state index < -0.39 is 89.2 Å². The van der Waals surface area contributed by atoms with E-state index in [0.717, 1.165) is 57.5 Å². The molecule has 3 amide bonds. The highest BCUT2D eigenvalue weighted by molar-refractivity contribution is 6.07. The Hall–Kier alpha value is -6.55. The number of nitrogens with one attached hydrogen (secondary N) is 3. The predicted molar refractivity (Wildman–Crippen MR) is 201 cm³/mol. The minimum atomic E-state index is -1.68. The number of amides is 3. The summed E-state index contributed by atoms with van der Waals surface area (Å²) >= 11 is 0. The molecule has 5 atom stereocenters. The number of nitro groups is 1. The molecule has 22 nitrogen and oxygen atoms in total. The molecule has 4 heterocycles. The summed E-state index contributed by atoms with van der Waals surface area (Å²) in [5.74, 6) is -5.33. The van der Waals surface area contributed by atoms with E-state index in [-0.39, 0.29) is 17.3 Å². The van der Waals surface area contributed by atoms with Gasteiger partial charge in [0.1, 0.15) is 29.8 Å². The van der Waals surface area contributed by atoms with Crippen LogP contribution in [0.4, 0.5) is 17.1 Å². The number of carbonyl (C=O) groups excluding carboxylic acids is 7. The Morgan fingerprint density at radius 1 is 0.741 bits per heavy atom. The summed E-state index contributed by atoms with van der Waals surface area (Å²) < 4.78 is 31.5. The van der Waals surface area contributed by atoms with Gasteiger partial charge in [0.25, 0.3) is 23.4 Å². The summed E-state index contributed by atoms with van der Waals surface area (Å²) in [5.41, 5.74) is -0.216. The van der Waals surface area contributed by atoms with Crippen LogP contribution in [-0.4, -0.2) is 123 Å². The zero-order chi connectivity index (χ0) is 43.0. The van der Waals surface area contributed by atoms with Gasteiger partial charge in [-0.1, -0.05) is 0 Å². The molecule has 58 heavy (non-hydrogen) atoms. The molecule has 1 aliphatic rings. The Labute approximate surface area is 331 Å². The average Bonchev–Trinajstić information content (AvgIpc) is 3.83. The molecular formula is C36H46N8O14. The van der Waals surface area contributed by atoms with Gasteiger partial charge in [-0.25, -0.2) is 0 Å². The fourth-order valence-electron chi connectivity index (χ4n) is 6.18. The first kappa shape index (κ1) is 44.2. The van der Waals surface area contributed by atoms with Crippen molar-refractivity contribution in [2.45, 2.75) is 64.8 Å². The molecule has 3 aromatic heterocycles. The van der Waals surface area contributed by atoms with E-state index in [1.807, 2.05) is 19.0 Å². The van der Waals surface area contributed by atoms with Crippen LogP contribution in [0.2, 0.25) is 0 Å². The molecule has 3 aromatic rings. The third kappa shape index (κ3) is 11.3. The Morgan fingerprint density at radius 3 is 1.78 bits per heavy atom. The van der Waals surface area contributed by atoms with Crippen LogP contribution in [-0.2, 0) is 57.0 Å². The lowest BCUT2D eigenvalue weighted by Gasteiger charge is -2.44. The number of rotatable bonds is 16. The highest BCUT2D eigenvalue weighted by Gasteiger charge is 2.53. The fourth-order valence-corrected chi connectivity index (χ4v) is 6.18. The Bertz CT molecular complexity index is 2070. The van der Waals surface area contributed by atoms with Gasteiger partial charge in [0.05, 0.1) is 22.5 Å². The van der Waals surface area contributed by atoms with Crippen molar-refractivity contribution in [2.75, 3.05) is 44.4 Å². The first-order chi connectivity index (χ1) is 27.2. The van der Waals surface area contributed by atoms with Crippen LogP contribution < -0.4 is 16.0 Å². The van der Waals surface area contributed by atoms with Gasteiger partial charge in [-0.2, -0.15) is 0 Å². The van der Waals surface area contributed by atoms with Gasteiger partial charge in [-0.05, 0) is 39.2 Å². The monoisotopic (exact) mass is 814 g/mol. The molecule has 0 unspecified atom stereocenters. The highest BCUT2D eigenvalue weighted by Crippen LogP contribution is 2.37. The van der Waals surface area contributed by atoms with Crippen LogP contribution >= 0.6 is 0 Å². The third-order valence-corrected chi connectivity index (χ3v) is 8.58. The van der Waals surface area contributed by atoms with Crippen LogP contribution in [0, 0.1) is 10.1 Å². The summed E-state index contributed by atoms with van der Waals surface area (Å²) in [5, 5.41) is 20.2. The highest BCUT2D eigenvalue weighted by atomic mass is 16.7. The molecule has 22 heteroatoms. The Morgan fingerprint density at radius 2 is 1.26 bits per heavy atom. The second-order valence-corrected chi connectivity index (χ2v) is 13.6. The molecule has 0 aliphatic carbocycles. The predicted octanol–water partition coefficient (Wildman–Crippen LogP) is 1.52. The minimum Gasteiger partial charge on any atom is -0.463 e. The van der Waals surface area contributed by atoms with Crippen molar-refractivity contribution in [1.29, 1.82) is 0 Å². The lowest BCUT2D eigenvalue weighted by atomic mass is 9.97. The lowest BCUT2D eigenvalue weighted by Crippen LogP contribution is -2.60. The minimum absolute atomic E-state index is 0.0785. The van der Waals surface area contributed by atoms with E-state index in [1.54, 1.807) is 17.8 Å². The first-order valence-electron chi connectivity index (χ1n) is 17.8. The molecular weight excluding hydrogens is 768 g/mol. The van der Waals surface area contributed by atoms with Crippen molar-refractivity contribution in [2.24, 2.45) is 14.1 Å². The van der Waals surface area contributed by atoms with Gasteiger partial charge in [-0.3, -0.25) is 43.7 Å². The standard InChI is InChI=1S/C36H46N8O14/c1-19(45)54-18-29-30(55-20(2)46)31(56-21(3)47)32(57-22(4)48)36(58-29)43-17-25(44(52)53)14-28(43)35(51)39-24-13-27(42(8)16-24)34(50)38-23-12-26(41(7)15-23)33(49)37-10-9-11-40(5)6/h12-17,29-32,36H,9-11,18H2,1-8H3,(H,37,49)(H,38,50)(H,39,51)/t29-,30-,31-,32-,36+/m1/s1. The van der Waals surface area contributed by atoms with Gasteiger partial charge in [-0.15, -0.1) is 0 Å². The second-order valence-electron chi connectivity index (χ2n) is 13.6. The number of anilines is 2. The van der Waals surface area contributed by atoms with Gasteiger partial charge in [0.2, 0.25) is 0 Å². The van der Waals surface area contributed by atoms with Crippen molar-refractivity contribution in [1.82, 2.24) is 23.9 Å². The summed E-state index contributed by atoms with van der Waals surface area (Å²) in [6.07, 6.45) is -3.29. The molecule has 3 N–H and O–H groups in total. The number of aryl methyl sites for hydroxylation is 2. The van der Waals surface area contributed by atoms with E-state index in [2.05, 4.69) is 16.0 Å². The molecule has 0 radical (unpaired) electrons. The SMILES string of the molecule is CC(=O)OC[C@H]1O[C@H](n2cc([N+](=O)[O-])cc2C(=O)Nc2cc(C(=O)Nc3cc(C(=O)NCCCN(C)C)n(C)c3)n(C)c2)[C@H](OC(C)=O)[C@H](OC(C)=O)[C@@H]1OC(C)=O. The van der Waals surface area contributed by atoms with E-state index >= 15 is 0 Å². The molecule has 0 bridgehead atoms. The van der Waals surface area contributed by atoms with E-state index in [1.165, 1.54) is 29.9 Å². The van der Waals surface area contributed by atoms with E-state index in [4.69, 9.17) is 23.7 Å². The van der Waals surface area contributed by atoms with Gasteiger partial charge in [0, 0.05) is 66.8 Å². The Kier molecular flexibility index (Phi) is 14.5. The zero-order valence-electron chi connectivity index (χ0n) is 33.1. The largest absolute Gasteiger partial charge is 0.463 e. The normalized spacial score (nSPS) is 18.8. The van der Waals surface area contributed by atoms with Gasteiger partial charge < -0.3 is 58.2 Å². The number of aromatic nitrogens is 3. The Balaban J connectivity index is 1.63. The van der Waals surface area contributed by atoms with Gasteiger partial charge in [0.15, 0.2) is 24.5 Å². The van der Waals surface area contributed by atoms with Crippen molar-refractivity contribution in [3.8, 4) is 0 Å². The van der Waals surface area contributed by atoms with E-state index in [9.17, 15) is 43.7 Å². The van der Waals surface area contributed by atoms with Gasteiger partial charge >= 0.3 is 23.9 Å². The maximum atomic E-state index is 13.9. The maximum absolute atomic E-state index is 13.9. The molecule has 314 valence electrons. The smallest absolute Gasteiger partial charge is 0.303 e. The number of esters is 4.